The van der Waals surface area contributed by atoms with Gasteiger partial charge in [-0.25, -0.2) is 0 Å². The summed E-state index contributed by atoms with van der Waals surface area (Å²) in [5.41, 5.74) is 5.95. The van der Waals surface area contributed by atoms with E-state index in [0.29, 0.717) is 45.7 Å². The molecule has 0 N–H and O–H groups in total. The Morgan fingerprint density at radius 1 is 0.477 bits per heavy atom. The minimum atomic E-state index is 0.247. The van der Waals surface area contributed by atoms with Crippen LogP contribution in [0.1, 0.15) is 116 Å². The molecule has 230 valence electrons. The number of hydrogen-bond acceptors (Lipinski definition) is 2. The van der Waals surface area contributed by atoms with Gasteiger partial charge >= 0.3 is 0 Å². The Kier molecular flexibility index (Phi) is 5.79. The van der Waals surface area contributed by atoms with E-state index >= 15 is 0 Å². The van der Waals surface area contributed by atoms with E-state index in [0.717, 1.165) is 11.5 Å². The fraction of sp³-hybridized carbons (Fsp3) is 0.619. The standard InChI is InChI=1S/C42H50O2/c1-7-17-43-33-13-9-31(10-14-33)39-21-35(3)19-36(4,22-39)26-41(25-35,29-39)42-27-37(5)20-38(6,28-42)24-40(23-37,30-42)32-11-15-34(16-12-32)44-18-8-2/h1-2,9-16H,17-30H2,3-6H3. The molecule has 0 radical (unpaired) electrons. The maximum absolute atomic E-state index is 5.80. The summed E-state index contributed by atoms with van der Waals surface area (Å²) in [6.45, 7) is 11.3. The van der Waals surface area contributed by atoms with Crippen molar-refractivity contribution in [2.75, 3.05) is 13.2 Å². The molecule has 2 nitrogen and oxygen atoms in total. The minimum Gasteiger partial charge on any atom is -0.481 e. The molecule has 0 amide bonds. The molecule has 0 heterocycles. The zero-order chi connectivity index (χ0) is 30.7. The Morgan fingerprint density at radius 3 is 1.09 bits per heavy atom. The molecule has 8 aliphatic carbocycles. The Hall–Kier alpha value is -2.84. The van der Waals surface area contributed by atoms with E-state index in [2.05, 4.69) is 88.1 Å². The summed E-state index contributed by atoms with van der Waals surface area (Å²) in [7, 11) is 0. The van der Waals surface area contributed by atoms with Crippen molar-refractivity contribution in [3.63, 3.8) is 0 Å². The molecule has 0 saturated heterocycles. The van der Waals surface area contributed by atoms with E-state index in [9.17, 15) is 0 Å². The lowest BCUT2D eigenvalue weighted by Gasteiger charge is -2.80. The highest BCUT2D eigenvalue weighted by Crippen LogP contribution is 2.85. The van der Waals surface area contributed by atoms with Gasteiger partial charge < -0.3 is 9.47 Å². The van der Waals surface area contributed by atoms with Crippen LogP contribution in [0.2, 0.25) is 0 Å². The molecule has 4 unspecified atom stereocenters. The van der Waals surface area contributed by atoms with Crippen molar-refractivity contribution in [1.82, 2.24) is 0 Å². The summed E-state index contributed by atoms with van der Waals surface area (Å²) in [5, 5.41) is 0. The average Bonchev–Trinajstić information content (AvgIpc) is 2.92. The molecule has 10 rings (SSSR count). The quantitative estimate of drug-likeness (QED) is 0.301. The highest BCUT2D eigenvalue weighted by molar-refractivity contribution is 5.41. The van der Waals surface area contributed by atoms with Crippen LogP contribution in [0.5, 0.6) is 11.5 Å². The first-order chi connectivity index (χ1) is 20.8. The average molecular weight is 587 g/mol. The highest BCUT2D eigenvalue weighted by atomic mass is 16.5. The van der Waals surface area contributed by atoms with Crippen LogP contribution < -0.4 is 9.47 Å². The lowest BCUT2D eigenvalue weighted by atomic mass is 9.24. The van der Waals surface area contributed by atoms with Gasteiger partial charge in [0, 0.05) is 0 Å². The summed E-state index contributed by atoms with van der Waals surface area (Å²) in [4.78, 5) is 0. The summed E-state index contributed by atoms with van der Waals surface area (Å²) < 4.78 is 11.6. The van der Waals surface area contributed by atoms with Gasteiger partial charge in [-0.05, 0) is 156 Å². The van der Waals surface area contributed by atoms with Crippen LogP contribution in [0.15, 0.2) is 48.5 Å². The van der Waals surface area contributed by atoms with Crippen LogP contribution in [-0.4, -0.2) is 13.2 Å². The SMILES string of the molecule is C#CCOc1ccc(C23CC4(C)CC(C)(C2)CC(C25CC6(C)CC(C)(CC(c7ccc(OCC#C)cc7)(C6)C2)C5)(C4)C3)cc1. The van der Waals surface area contributed by atoms with Crippen molar-refractivity contribution >= 4 is 0 Å². The number of terminal acetylenes is 2. The lowest BCUT2D eigenvalue weighted by molar-refractivity contribution is -0.275. The van der Waals surface area contributed by atoms with E-state index in [4.69, 9.17) is 22.3 Å². The second-order valence-corrected chi connectivity index (χ2v) is 18.5. The van der Waals surface area contributed by atoms with Crippen LogP contribution in [0.4, 0.5) is 0 Å². The molecular formula is C42H50O2. The molecule has 44 heavy (non-hydrogen) atoms. The van der Waals surface area contributed by atoms with Crippen molar-refractivity contribution in [3.05, 3.63) is 59.7 Å². The number of benzene rings is 2. The van der Waals surface area contributed by atoms with Crippen LogP contribution >= 0.6 is 0 Å². The molecule has 2 aromatic carbocycles. The van der Waals surface area contributed by atoms with E-state index in [1.54, 1.807) is 11.1 Å². The van der Waals surface area contributed by atoms with E-state index in [-0.39, 0.29) is 10.8 Å². The second kappa shape index (κ2) is 8.91. The zero-order valence-corrected chi connectivity index (χ0v) is 27.5. The summed E-state index contributed by atoms with van der Waals surface area (Å²) >= 11 is 0. The molecule has 0 aromatic heterocycles. The Balaban J connectivity index is 1.22. The third-order valence-corrected chi connectivity index (χ3v) is 13.9. The van der Waals surface area contributed by atoms with Gasteiger partial charge in [0.25, 0.3) is 0 Å². The summed E-state index contributed by atoms with van der Waals surface area (Å²) in [6, 6.07) is 18.3. The largest absolute Gasteiger partial charge is 0.481 e. The maximum atomic E-state index is 5.80. The lowest BCUT2D eigenvalue weighted by Crippen LogP contribution is -2.71. The van der Waals surface area contributed by atoms with Gasteiger partial charge in [-0.3, -0.25) is 0 Å². The first kappa shape index (κ1) is 28.6. The fourth-order valence-electron chi connectivity index (χ4n) is 15.2. The first-order valence-corrected chi connectivity index (χ1v) is 17.1. The van der Waals surface area contributed by atoms with Gasteiger partial charge in [0.2, 0.25) is 0 Å². The van der Waals surface area contributed by atoms with Crippen LogP contribution in [0, 0.1) is 57.2 Å². The van der Waals surface area contributed by atoms with E-state index in [1.165, 1.54) is 77.0 Å². The van der Waals surface area contributed by atoms with Crippen molar-refractivity contribution < 1.29 is 9.47 Å². The molecule has 0 spiro atoms. The molecule has 8 saturated carbocycles. The predicted octanol–water partition coefficient (Wildman–Crippen LogP) is 9.65. The van der Waals surface area contributed by atoms with Crippen LogP contribution in [0.25, 0.3) is 0 Å². The molecular weight excluding hydrogens is 536 g/mol. The maximum Gasteiger partial charge on any atom is 0.148 e. The van der Waals surface area contributed by atoms with Crippen molar-refractivity contribution in [3.8, 4) is 36.2 Å². The second-order valence-electron chi connectivity index (χ2n) is 18.5. The monoisotopic (exact) mass is 586 g/mol. The fourth-order valence-corrected chi connectivity index (χ4v) is 15.2. The molecule has 2 heteroatoms. The van der Waals surface area contributed by atoms with Gasteiger partial charge in [0.15, 0.2) is 0 Å². The summed E-state index contributed by atoms with van der Waals surface area (Å²) in [6.07, 6.45) is 27.4. The van der Waals surface area contributed by atoms with E-state index < -0.39 is 0 Å². The Morgan fingerprint density at radius 2 is 0.795 bits per heavy atom. The summed E-state index contributed by atoms with van der Waals surface area (Å²) in [5.74, 6) is 7.01. The third kappa shape index (κ3) is 4.08. The normalized spacial score (nSPS) is 46.0. The number of rotatable bonds is 7. The highest BCUT2D eigenvalue weighted by Gasteiger charge is 2.76. The van der Waals surface area contributed by atoms with Crippen LogP contribution in [0.3, 0.4) is 0 Å². The Labute approximate surface area is 266 Å². The van der Waals surface area contributed by atoms with Gasteiger partial charge in [-0.2, -0.15) is 0 Å². The molecule has 2 aromatic rings. The number of ether oxygens (including phenoxy) is 2. The van der Waals surface area contributed by atoms with Gasteiger partial charge in [0.1, 0.15) is 24.7 Å². The molecule has 8 aliphatic rings. The molecule has 8 fully saturated rings. The van der Waals surface area contributed by atoms with E-state index in [1.807, 2.05) is 0 Å². The first-order valence-electron chi connectivity index (χ1n) is 17.1. The molecule has 4 atom stereocenters. The van der Waals surface area contributed by atoms with Gasteiger partial charge in [0.05, 0.1) is 0 Å². The Bertz CT molecular complexity index is 1410. The smallest absolute Gasteiger partial charge is 0.148 e. The van der Waals surface area contributed by atoms with Crippen molar-refractivity contribution in [2.24, 2.45) is 32.5 Å². The van der Waals surface area contributed by atoms with Gasteiger partial charge in [-0.1, -0.05) is 63.8 Å². The van der Waals surface area contributed by atoms with Gasteiger partial charge in [-0.15, -0.1) is 12.8 Å². The zero-order valence-electron chi connectivity index (χ0n) is 27.5. The minimum absolute atomic E-state index is 0.247. The number of hydrogen-bond donors (Lipinski definition) is 0. The van der Waals surface area contributed by atoms with Crippen molar-refractivity contribution in [1.29, 1.82) is 0 Å². The topological polar surface area (TPSA) is 18.5 Å². The third-order valence-electron chi connectivity index (χ3n) is 13.9. The predicted molar refractivity (Wildman–Crippen MR) is 178 cm³/mol. The van der Waals surface area contributed by atoms with Crippen molar-refractivity contribution in [2.45, 2.75) is 116 Å². The molecule has 8 bridgehead atoms. The van der Waals surface area contributed by atoms with Crippen LogP contribution in [-0.2, 0) is 10.8 Å². The molecule has 0 aliphatic heterocycles.